The molecule has 3 heterocycles. The third-order valence-electron chi connectivity index (χ3n) is 3.21. The highest BCUT2D eigenvalue weighted by molar-refractivity contribution is 7.98. The summed E-state index contributed by atoms with van der Waals surface area (Å²) >= 11 is 1.49. The van der Waals surface area contributed by atoms with Gasteiger partial charge in [-0.15, -0.1) is 0 Å². The minimum absolute atomic E-state index is 0.444. The average Bonchev–Trinajstić information content (AvgIpc) is 3.30. The Morgan fingerprint density at radius 2 is 2.22 bits per heavy atom. The Labute approximate surface area is 135 Å². The summed E-state index contributed by atoms with van der Waals surface area (Å²) in [5, 5.41) is 4.68. The third kappa shape index (κ3) is 2.80. The maximum Gasteiger partial charge on any atom is 0.238 e. The normalized spacial score (nSPS) is 11.2. The number of imidazole rings is 1. The van der Waals surface area contributed by atoms with E-state index < -0.39 is 0 Å². The van der Waals surface area contributed by atoms with Gasteiger partial charge < -0.3 is 18.7 Å². The molecule has 0 unspecified atom stereocenters. The Hall–Kier alpha value is -2.74. The SMILES string of the molecule is COc1ccc2nc(SCc3nc(-c4ccco4)no3)[nH]c2c1. The molecule has 0 fully saturated rings. The monoisotopic (exact) mass is 328 g/mol. The first kappa shape index (κ1) is 13.9. The molecule has 0 bridgehead atoms. The van der Waals surface area contributed by atoms with Crippen molar-refractivity contribution in [1.29, 1.82) is 0 Å². The van der Waals surface area contributed by atoms with E-state index in [1.54, 1.807) is 25.5 Å². The van der Waals surface area contributed by atoms with Crippen molar-refractivity contribution in [2.45, 2.75) is 10.9 Å². The first-order chi connectivity index (χ1) is 11.3. The summed E-state index contributed by atoms with van der Waals surface area (Å²) in [5.74, 6) is 2.85. The largest absolute Gasteiger partial charge is 0.497 e. The molecule has 0 radical (unpaired) electrons. The molecule has 0 amide bonds. The smallest absolute Gasteiger partial charge is 0.238 e. The number of H-pyrrole nitrogens is 1. The highest BCUT2D eigenvalue weighted by atomic mass is 32.2. The average molecular weight is 328 g/mol. The first-order valence-electron chi connectivity index (χ1n) is 6.85. The molecule has 8 heteroatoms. The molecule has 0 saturated heterocycles. The number of nitrogens with zero attached hydrogens (tertiary/aromatic N) is 3. The van der Waals surface area contributed by atoms with Crippen LogP contribution in [0.4, 0.5) is 0 Å². The molecule has 0 aliphatic rings. The first-order valence-corrected chi connectivity index (χ1v) is 7.83. The zero-order chi connectivity index (χ0) is 15.6. The molecular formula is C15H12N4O3S. The van der Waals surface area contributed by atoms with Gasteiger partial charge in [0.2, 0.25) is 11.7 Å². The van der Waals surface area contributed by atoms with Gasteiger partial charge in [0.1, 0.15) is 5.75 Å². The molecule has 7 nitrogen and oxygen atoms in total. The van der Waals surface area contributed by atoms with Gasteiger partial charge >= 0.3 is 0 Å². The van der Waals surface area contributed by atoms with Crippen LogP contribution in [0.15, 0.2) is 50.7 Å². The van der Waals surface area contributed by atoms with E-state index in [1.807, 2.05) is 18.2 Å². The van der Waals surface area contributed by atoms with E-state index in [0.717, 1.165) is 21.9 Å². The highest BCUT2D eigenvalue weighted by Crippen LogP contribution is 2.25. The second-order valence-electron chi connectivity index (χ2n) is 4.70. The van der Waals surface area contributed by atoms with Gasteiger partial charge in [0.25, 0.3) is 0 Å². The van der Waals surface area contributed by atoms with E-state index in [9.17, 15) is 0 Å². The van der Waals surface area contributed by atoms with Crippen LogP contribution in [0.1, 0.15) is 5.89 Å². The molecule has 0 aliphatic carbocycles. The molecule has 0 spiro atoms. The van der Waals surface area contributed by atoms with Gasteiger partial charge in [-0.1, -0.05) is 16.9 Å². The van der Waals surface area contributed by atoms with Crippen LogP contribution in [0, 0.1) is 0 Å². The van der Waals surface area contributed by atoms with Gasteiger partial charge in [0.05, 0.1) is 30.2 Å². The molecule has 1 aromatic carbocycles. The van der Waals surface area contributed by atoms with Crippen LogP contribution in [0.25, 0.3) is 22.6 Å². The lowest BCUT2D eigenvalue weighted by Crippen LogP contribution is -1.82. The molecule has 4 rings (SSSR count). The number of rotatable bonds is 5. The fourth-order valence-electron chi connectivity index (χ4n) is 2.11. The van der Waals surface area contributed by atoms with Gasteiger partial charge in [-0.3, -0.25) is 0 Å². The molecular weight excluding hydrogens is 316 g/mol. The number of fused-ring (bicyclic) bond motifs is 1. The Balaban J connectivity index is 1.48. The summed E-state index contributed by atoms with van der Waals surface area (Å²) in [4.78, 5) is 12.0. The maximum absolute atomic E-state index is 5.24. The standard InChI is InChI=1S/C15H12N4O3S/c1-20-9-4-5-10-11(7-9)17-15(16-10)23-8-13-18-14(19-22-13)12-3-2-6-21-12/h2-7H,8H2,1H3,(H,16,17). The van der Waals surface area contributed by atoms with Crippen LogP contribution in [-0.2, 0) is 5.75 Å². The predicted octanol–water partition coefficient (Wildman–Crippen LogP) is 3.51. The predicted molar refractivity (Wildman–Crippen MR) is 84.2 cm³/mol. The van der Waals surface area contributed by atoms with E-state index >= 15 is 0 Å². The maximum atomic E-state index is 5.24. The lowest BCUT2D eigenvalue weighted by Gasteiger charge is -1.96. The molecule has 3 aromatic heterocycles. The van der Waals surface area contributed by atoms with Crippen LogP contribution < -0.4 is 4.74 Å². The number of aromatic nitrogens is 4. The molecule has 116 valence electrons. The number of benzene rings is 1. The number of aromatic amines is 1. The van der Waals surface area contributed by atoms with Crippen molar-refractivity contribution in [3.05, 3.63) is 42.5 Å². The van der Waals surface area contributed by atoms with E-state index in [1.165, 1.54) is 11.8 Å². The van der Waals surface area contributed by atoms with Crippen LogP contribution in [0.3, 0.4) is 0 Å². The fraction of sp³-hybridized carbons (Fsp3) is 0.133. The summed E-state index contributed by atoms with van der Waals surface area (Å²) in [6.45, 7) is 0. The van der Waals surface area contributed by atoms with Gasteiger partial charge in [-0.05, 0) is 24.3 Å². The number of hydrogen-bond acceptors (Lipinski definition) is 7. The van der Waals surface area contributed by atoms with Crippen molar-refractivity contribution >= 4 is 22.8 Å². The number of hydrogen-bond donors (Lipinski definition) is 1. The van der Waals surface area contributed by atoms with Crippen molar-refractivity contribution in [1.82, 2.24) is 20.1 Å². The number of methoxy groups -OCH3 is 1. The van der Waals surface area contributed by atoms with Crippen LogP contribution >= 0.6 is 11.8 Å². The van der Waals surface area contributed by atoms with Gasteiger partial charge in [-0.2, -0.15) is 4.98 Å². The third-order valence-corrected chi connectivity index (χ3v) is 4.07. The van der Waals surface area contributed by atoms with Gasteiger partial charge in [0.15, 0.2) is 10.9 Å². The quantitative estimate of drug-likeness (QED) is 0.561. The molecule has 23 heavy (non-hydrogen) atoms. The Kier molecular flexibility index (Phi) is 3.51. The van der Waals surface area contributed by atoms with Crippen LogP contribution in [0.2, 0.25) is 0 Å². The van der Waals surface area contributed by atoms with Crippen LogP contribution in [0.5, 0.6) is 5.75 Å². The topological polar surface area (TPSA) is 90.0 Å². The number of nitrogens with one attached hydrogen (secondary N) is 1. The van der Waals surface area contributed by atoms with E-state index in [4.69, 9.17) is 13.7 Å². The molecule has 0 saturated carbocycles. The van der Waals surface area contributed by atoms with E-state index in [0.29, 0.717) is 23.2 Å². The Morgan fingerprint density at radius 3 is 3.04 bits per heavy atom. The summed E-state index contributed by atoms with van der Waals surface area (Å²) < 4.78 is 15.7. The van der Waals surface area contributed by atoms with Crippen molar-refractivity contribution < 1.29 is 13.7 Å². The second kappa shape index (κ2) is 5.81. The molecule has 0 aliphatic heterocycles. The summed E-state index contributed by atoms with van der Waals surface area (Å²) in [7, 11) is 1.64. The van der Waals surface area contributed by atoms with E-state index in [2.05, 4.69) is 20.1 Å². The summed E-state index contributed by atoms with van der Waals surface area (Å²) in [6, 6.07) is 9.27. The fourth-order valence-corrected chi connectivity index (χ4v) is 2.83. The zero-order valence-electron chi connectivity index (χ0n) is 12.1. The number of ether oxygens (including phenoxy) is 1. The van der Waals surface area contributed by atoms with Gasteiger partial charge in [0, 0.05) is 6.07 Å². The lowest BCUT2D eigenvalue weighted by atomic mass is 10.3. The number of furan rings is 1. The Morgan fingerprint density at radius 1 is 1.26 bits per heavy atom. The second-order valence-corrected chi connectivity index (χ2v) is 5.67. The van der Waals surface area contributed by atoms with E-state index in [-0.39, 0.29) is 0 Å². The zero-order valence-corrected chi connectivity index (χ0v) is 13.0. The molecule has 4 aromatic rings. The summed E-state index contributed by atoms with van der Waals surface area (Å²) in [6.07, 6.45) is 1.57. The summed E-state index contributed by atoms with van der Waals surface area (Å²) in [5.41, 5.74) is 1.81. The van der Waals surface area contributed by atoms with Crippen molar-refractivity contribution in [3.63, 3.8) is 0 Å². The molecule has 0 atom stereocenters. The molecule has 1 N–H and O–H groups in total. The number of thioether (sulfide) groups is 1. The van der Waals surface area contributed by atoms with Crippen molar-refractivity contribution in [2.24, 2.45) is 0 Å². The van der Waals surface area contributed by atoms with Crippen molar-refractivity contribution in [3.8, 4) is 17.3 Å². The van der Waals surface area contributed by atoms with Crippen LogP contribution in [-0.4, -0.2) is 27.2 Å². The highest BCUT2D eigenvalue weighted by Gasteiger charge is 2.12. The minimum Gasteiger partial charge on any atom is -0.497 e. The van der Waals surface area contributed by atoms with Gasteiger partial charge in [-0.25, -0.2) is 4.98 Å². The lowest BCUT2D eigenvalue weighted by molar-refractivity contribution is 0.390. The Bertz CT molecular complexity index is 929. The van der Waals surface area contributed by atoms with Crippen molar-refractivity contribution in [2.75, 3.05) is 7.11 Å². The minimum atomic E-state index is 0.444.